The number of thiophene rings is 1. The number of amides is 1. The number of aryl methyl sites for hydroxylation is 2. The standard InChI is InChI=1S/C26H23N3O4S/c1-15-21-24(28-20-13-8-14-29(20)25(21)31)34-22(15)26(32)33-16(2)23(30)27-19-12-7-6-11-18(19)17-9-4-3-5-10-17/h3-7,9-12,16H,8,13-14H2,1-2H3,(H,27,30). The molecule has 34 heavy (non-hydrogen) atoms. The highest BCUT2D eigenvalue weighted by Gasteiger charge is 2.26. The molecule has 1 aliphatic rings. The van der Waals surface area contributed by atoms with Crippen LogP contribution in [0.1, 0.15) is 34.4 Å². The number of esters is 1. The summed E-state index contributed by atoms with van der Waals surface area (Å²) in [4.78, 5) is 44.1. The number of carbonyl (C=O) groups is 2. The molecule has 1 atom stereocenters. The van der Waals surface area contributed by atoms with E-state index in [1.807, 2.05) is 54.6 Å². The Balaban J connectivity index is 1.35. The van der Waals surface area contributed by atoms with Crippen molar-refractivity contribution in [1.29, 1.82) is 0 Å². The molecule has 5 rings (SSSR count). The lowest BCUT2D eigenvalue weighted by Gasteiger charge is -2.15. The molecule has 7 nitrogen and oxygen atoms in total. The van der Waals surface area contributed by atoms with Gasteiger partial charge in [0.25, 0.3) is 11.5 Å². The van der Waals surface area contributed by atoms with Gasteiger partial charge in [-0.05, 0) is 37.5 Å². The molecule has 172 valence electrons. The van der Waals surface area contributed by atoms with Crippen LogP contribution in [0.15, 0.2) is 59.4 Å². The van der Waals surface area contributed by atoms with Crippen molar-refractivity contribution in [1.82, 2.24) is 9.55 Å². The van der Waals surface area contributed by atoms with Gasteiger partial charge in [0.1, 0.15) is 15.5 Å². The van der Waals surface area contributed by atoms with Crippen LogP contribution in [0.2, 0.25) is 0 Å². The number of nitrogens with zero attached hydrogens (tertiary/aromatic N) is 2. The summed E-state index contributed by atoms with van der Waals surface area (Å²) in [5.41, 5.74) is 2.90. The van der Waals surface area contributed by atoms with Crippen LogP contribution in [-0.4, -0.2) is 27.5 Å². The summed E-state index contributed by atoms with van der Waals surface area (Å²) in [6.07, 6.45) is 0.622. The minimum Gasteiger partial charge on any atom is -0.448 e. The van der Waals surface area contributed by atoms with E-state index in [9.17, 15) is 14.4 Å². The van der Waals surface area contributed by atoms with E-state index in [0.717, 1.165) is 41.1 Å². The van der Waals surface area contributed by atoms with Gasteiger partial charge in [0.05, 0.1) is 5.39 Å². The van der Waals surface area contributed by atoms with Gasteiger partial charge < -0.3 is 10.1 Å². The van der Waals surface area contributed by atoms with Gasteiger partial charge in [0.15, 0.2) is 6.10 Å². The molecule has 0 saturated heterocycles. The number of nitrogens with one attached hydrogen (secondary N) is 1. The second kappa shape index (κ2) is 8.87. The highest BCUT2D eigenvalue weighted by Crippen LogP contribution is 2.30. The maximum absolute atomic E-state index is 12.9. The van der Waals surface area contributed by atoms with Crippen LogP contribution >= 0.6 is 11.3 Å². The van der Waals surface area contributed by atoms with Crippen LogP contribution in [0.25, 0.3) is 21.3 Å². The Kier molecular flexibility index (Phi) is 5.75. The van der Waals surface area contributed by atoms with E-state index in [2.05, 4.69) is 10.3 Å². The molecule has 2 aromatic heterocycles. The van der Waals surface area contributed by atoms with E-state index < -0.39 is 18.0 Å². The van der Waals surface area contributed by atoms with Crippen LogP contribution in [0.5, 0.6) is 0 Å². The number of carbonyl (C=O) groups excluding carboxylic acids is 2. The van der Waals surface area contributed by atoms with Crippen molar-refractivity contribution in [2.75, 3.05) is 5.32 Å². The number of hydrogen-bond acceptors (Lipinski definition) is 6. The molecular formula is C26H23N3O4S. The number of benzene rings is 2. The predicted molar refractivity (Wildman–Crippen MR) is 132 cm³/mol. The van der Waals surface area contributed by atoms with Crippen molar-refractivity contribution in [2.45, 2.75) is 39.3 Å². The van der Waals surface area contributed by atoms with Crippen LogP contribution in [0.4, 0.5) is 5.69 Å². The number of aromatic nitrogens is 2. The van der Waals surface area contributed by atoms with Gasteiger partial charge in [0, 0.05) is 24.2 Å². The van der Waals surface area contributed by atoms with Gasteiger partial charge in [-0.2, -0.15) is 0 Å². The summed E-state index contributed by atoms with van der Waals surface area (Å²) in [5.74, 6) is -0.319. The summed E-state index contributed by atoms with van der Waals surface area (Å²) in [6.45, 7) is 3.90. The summed E-state index contributed by atoms with van der Waals surface area (Å²) < 4.78 is 7.17. The molecule has 8 heteroatoms. The lowest BCUT2D eigenvalue weighted by Crippen LogP contribution is -2.30. The van der Waals surface area contributed by atoms with E-state index in [4.69, 9.17) is 4.74 Å². The fraction of sp³-hybridized carbons (Fsp3) is 0.231. The monoisotopic (exact) mass is 473 g/mol. The smallest absolute Gasteiger partial charge is 0.349 e. The molecule has 1 aliphatic heterocycles. The Morgan fingerprint density at radius 3 is 2.65 bits per heavy atom. The van der Waals surface area contributed by atoms with E-state index >= 15 is 0 Å². The molecule has 0 fully saturated rings. The molecular weight excluding hydrogens is 450 g/mol. The highest BCUT2D eigenvalue weighted by molar-refractivity contribution is 7.20. The zero-order valence-corrected chi connectivity index (χ0v) is 19.6. The van der Waals surface area contributed by atoms with Crippen LogP contribution in [0, 0.1) is 6.92 Å². The number of anilines is 1. The quantitative estimate of drug-likeness (QED) is 0.429. The second-order valence-electron chi connectivity index (χ2n) is 8.27. The van der Waals surface area contributed by atoms with E-state index in [1.165, 1.54) is 6.92 Å². The van der Waals surface area contributed by atoms with E-state index in [1.54, 1.807) is 11.5 Å². The van der Waals surface area contributed by atoms with Crippen molar-refractivity contribution < 1.29 is 14.3 Å². The van der Waals surface area contributed by atoms with Crippen molar-refractivity contribution in [3.05, 3.63) is 81.2 Å². The molecule has 0 radical (unpaired) electrons. The molecule has 1 unspecified atom stereocenters. The highest BCUT2D eigenvalue weighted by atomic mass is 32.1. The average molecular weight is 474 g/mol. The molecule has 2 aromatic carbocycles. The Morgan fingerprint density at radius 1 is 1.12 bits per heavy atom. The fourth-order valence-electron chi connectivity index (χ4n) is 4.23. The molecule has 1 N–H and O–H groups in total. The molecule has 0 saturated carbocycles. The maximum Gasteiger partial charge on any atom is 0.349 e. The van der Waals surface area contributed by atoms with Crippen molar-refractivity contribution in [3.8, 4) is 11.1 Å². The second-order valence-corrected chi connectivity index (χ2v) is 9.27. The summed E-state index contributed by atoms with van der Waals surface area (Å²) in [5, 5.41) is 3.32. The minimum absolute atomic E-state index is 0.117. The number of fused-ring (bicyclic) bond motifs is 2. The first-order valence-electron chi connectivity index (χ1n) is 11.1. The molecule has 0 aliphatic carbocycles. The number of ether oxygens (including phenoxy) is 1. The van der Waals surface area contributed by atoms with Crippen molar-refractivity contribution in [2.24, 2.45) is 0 Å². The largest absolute Gasteiger partial charge is 0.448 e. The fourth-order valence-corrected chi connectivity index (χ4v) is 5.31. The van der Waals surface area contributed by atoms with Gasteiger partial charge in [-0.3, -0.25) is 14.2 Å². The van der Waals surface area contributed by atoms with Crippen LogP contribution < -0.4 is 10.9 Å². The molecule has 0 bridgehead atoms. The Hall–Kier alpha value is -3.78. The molecule has 1 amide bonds. The normalized spacial score (nSPS) is 13.5. The number of rotatable bonds is 5. The Morgan fingerprint density at radius 2 is 1.85 bits per heavy atom. The van der Waals surface area contributed by atoms with Gasteiger partial charge in [-0.25, -0.2) is 9.78 Å². The zero-order valence-electron chi connectivity index (χ0n) is 18.8. The van der Waals surface area contributed by atoms with Crippen LogP contribution in [-0.2, 0) is 22.5 Å². The Bertz CT molecular complexity index is 1470. The third-order valence-corrected chi connectivity index (χ3v) is 7.19. The minimum atomic E-state index is -1.03. The van der Waals surface area contributed by atoms with Gasteiger partial charge in [0.2, 0.25) is 0 Å². The van der Waals surface area contributed by atoms with Gasteiger partial charge in [-0.1, -0.05) is 48.5 Å². The SMILES string of the molecule is Cc1c(C(=O)OC(C)C(=O)Nc2ccccc2-c2ccccc2)sc2nc3n(c(=O)c12)CCC3. The first-order valence-corrected chi connectivity index (χ1v) is 11.9. The van der Waals surface area contributed by atoms with Crippen molar-refractivity contribution >= 4 is 39.1 Å². The van der Waals surface area contributed by atoms with E-state index in [0.29, 0.717) is 32.9 Å². The lowest BCUT2D eigenvalue weighted by molar-refractivity contribution is -0.123. The predicted octanol–water partition coefficient (Wildman–Crippen LogP) is 4.56. The third-order valence-electron chi connectivity index (χ3n) is 6.02. The lowest BCUT2D eigenvalue weighted by atomic mass is 10.0. The number of para-hydroxylation sites is 1. The third kappa shape index (κ3) is 3.90. The number of hydrogen-bond donors (Lipinski definition) is 1. The first-order chi connectivity index (χ1) is 16.4. The van der Waals surface area contributed by atoms with E-state index in [-0.39, 0.29) is 5.56 Å². The van der Waals surface area contributed by atoms with Gasteiger partial charge in [-0.15, -0.1) is 11.3 Å². The summed E-state index contributed by atoms with van der Waals surface area (Å²) in [6, 6.07) is 17.2. The van der Waals surface area contributed by atoms with Crippen LogP contribution in [0.3, 0.4) is 0 Å². The first kappa shape index (κ1) is 22.0. The Labute approximate surface area is 200 Å². The average Bonchev–Trinajstić information content (AvgIpc) is 3.45. The van der Waals surface area contributed by atoms with Crippen molar-refractivity contribution in [3.63, 3.8) is 0 Å². The maximum atomic E-state index is 12.9. The summed E-state index contributed by atoms with van der Waals surface area (Å²) >= 11 is 1.14. The summed E-state index contributed by atoms with van der Waals surface area (Å²) in [7, 11) is 0. The molecule has 3 heterocycles. The molecule has 4 aromatic rings. The van der Waals surface area contributed by atoms with Gasteiger partial charge >= 0.3 is 5.97 Å². The molecule has 0 spiro atoms. The zero-order chi connectivity index (χ0) is 23.8. The topological polar surface area (TPSA) is 90.3 Å².